The molecule has 2 heterocycles. The van der Waals surface area contributed by atoms with Crippen LogP contribution >= 0.6 is 0 Å². The van der Waals surface area contributed by atoms with Crippen molar-refractivity contribution in [1.29, 1.82) is 0 Å². The van der Waals surface area contributed by atoms with E-state index >= 15 is 0 Å². The van der Waals surface area contributed by atoms with Crippen molar-refractivity contribution in [3.05, 3.63) is 48.5 Å². The Morgan fingerprint density at radius 2 is 1.95 bits per heavy atom. The molecule has 0 spiro atoms. The van der Waals surface area contributed by atoms with Crippen LogP contribution in [-0.4, -0.2) is 22.0 Å². The molecule has 0 aliphatic heterocycles. The van der Waals surface area contributed by atoms with Gasteiger partial charge in [-0.2, -0.15) is 0 Å². The van der Waals surface area contributed by atoms with Crippen LogP contribution in [0.4, 0.5) is 5.82 Å². The maximum atomic E-state index is 4.49. The molecule has 20 heavy (non-hydrogen) atoms. The summed E-state index contributed by atoms with van der Waals surface area (Å²) in [5.41, 5.74) is 3.13. The smallest absolute Gasteiger partial charge is 0.132 e. The Morgan fingerprint density at radius 1 is 1.10 bits per heavy atom. The van der Waals surface area contributed by atoms with E-state index in [-0.39, 0.29) is 0 Å². The van der Waals surface area contributed by atoms with Gasteiger partial charge in [-0.3, -0.25) is 4.98 Å². The molecule has 0 aliphatic rings. The minimum absolute atomic E-state index is 0.871. The summed E-state index contributed by atoms with van der Waals surface area (Å²) in [5, 5.41) is 5.42. The summed E-state index contributed by atoms with van der Waals surface area (Å²) in [6.45, 7) is 2.11. The number of nitrogens with zero attached hydrogens (tertiary/aromatic N) is 3. The summed E-state index contributed by atoms with van der Waals surface area (Å²) in [6.07, 6.45) is 6.23. The average Bonchev–Trinajstić information content (AvgIpc) is 2.53. The Labute approximate surface area is 117 Å². The highest BCUT2D eigenvalue weighted by Crippen LogP contribution is 2.30. The molecule has 0 aliphatic carbocycles. The fraction of sp³-hybridized carbons (Fsp3) is 0.188. The Balaban J connectivity index is 2.31. The van der Waals surface area contributed by atoms with Gasteiger partial charge in [-0.05, 0) is 11.8 Å². The Hall–Kier alpha value is -2.49. The average molecular weight is 264 g/mol. The van der Waals surface area contributed by atoms with E-state index in [1.54, 1.807) is 6.33 Å². The lowest BCUT2D eigenvalue weighted by molar-refractivity contribution is 1.05. The third-order valence-electron chi connectivity index (χ3n) is 3.46. The van der Waals surface area contributed by atoms with Crippen molar-refractivity contribution in [2.45, 2.75) is 13.3 Å². The lowest BCUT2D eigenvalue weighted by Crippen LogP contribution is -2.02. The maximum Gasteiger partial charge on any atom is 0.132 e. The summed E-state index contributed by atoms with van der Waals surface area (Å²) in [5.74, 6) is 0.880. The van der Waals surface area contributed by atoms with Crippen molar-refractivity contribution in [2.24, 2.45) is 0 Å². The van der Waals surface area contributed by atoms with Crippen molar-refractivity contribution in [3.8, 4) is 11.3 Å². The second kappa shape index (κ2) is 5.25. The summed E-state index contributed by atoms with van der Waals surface area (Å²) in [4.78, 5) is 13.1. The van der Waals surface area contributed by atoms with Gasteiger partial charge in [0.05, 0.1) is 5.69 Å². The lowest BCUT2D eigenvalue weighted by Gasteiger charge is -2.12. The van der Waals surface area contributed by atoms with Crippen LogP contribution in [0.2, 0.25) is 0 Å². The molecule has 0 radical (unpaired) electrons. The number of pyridine rings is 1. The number of nitrogens with one attached hydrogen (secondary N) is 1. The van der Waals surface area contributed by atoms with Gasteiger partial charge in [-0.25, -0.2) is 9.97 Å². The van der Waals surface area contributed by atoms with E-state index in [0.717, 1.165) is 39.8 Å². The molecule has 100 valence electrons. The van der Waals surface area contributed by atoms with E-state index in [0.29, 0.717) is 0 Å². The second-order valence-corrected chi connectivity index (χ2v) is 4.56. The normalized spacial score (nSPS) is 10.7. The third-order valence-corrected chi connectivity index (χ3v) is 3.46. The molecule has 1 aromatic carbocycles. The SMILES string of the molecule is CCc1c(NC)ncnc1-c1cncc2ccccc12. The first-order valence-electron chi connectivity index (χ1n) is 6.70. The van der Waals surface area contributed by atoms with Crippen LogP contribution in [0.1, 0.15) is 12.5 Å². The van der Waals surface area contributed by atoms with Gasteiger partial charge in [0.2, 0.25) is 0 Å². The second-order valence-electron chi connectivity index (χ2n) is 4.56. The molecule has 0 amide bonds. The van der Waals surface area contributed by atoms with Crippen LogP contribution < -0.4 is 5.32 Å². The van der Waals surface area contributed by atoms with Gasteiger partial charge in [-0.1, -0.05) is 31.2 Å². The lowest BCUT2D eigenvalue weighted by atomic mass is 10.0. The van der Waals surface area contributed by atoms with E-state index in [1.165, 1.54) is 0 Å². The standard InChI is InChI=1S/C16H16N4/c1-3-12-15(19-10-20-16(12)17-2)14-9-18-8-11-6-4-5-7-13(11)14/h4-10H,3H2,1-2H3,(H,17,19,20). The molecule has 3 rings (SSSR count). The molecule has 0 saturated carbocycles. The number of rotatable bonds is 3. The van der Waals surface area contributed by atoms with Crippen LogP contribution in [0.25, 0.3) is 22.0 Å². The highest BCUT2D eigenvalue weighted by molar-refractivity contribution is 5.95. The first kappa shape index (κ1) is 12.5. The fourth-order valence-electron chi connectivity index (χ4n) is 2.50. The molecule has 0 saturated heterocycles. The van der Waals surface area contributed by atoms with Crippen LogP contribution in [0, 0.1) is 0 Å². The first-order valence-corrected chi connectivity index (χ1v) is 6.70. The number of fused-ring (bicyclic) bond motifs is 1. The molecule has 0 fully saturated rings. The Bertz CT molecular complexity index is 747. The van der Waals surface area contributed by atoms with Gasteiger partial charge in [0.25, 0.3) is 0 Å². The van der Waals surface area contributed by atoms with Gasteiger partial charge in [0, 0.05) is 36.0 Å². The zero-order valence-electron chi connectivity index (χ0n) is 11.6. The highest BCUT2D eigenvalue weighted by atomic mass is 15.0. The number of hydrogen-bond donors (Lipinski definition) is 1. The fourth-order valence-corrected chi connectivity index (χ4v) is 2.50. The van der Waals surface area contributed by atoms with Crippen molar-refractivity contribution in [1.82, 2.24) is 15.0 Å². The summed E-state index contributed by atoms with van der Waals surface area (Å²) < 4.78 is 0. The van der Waals surface area contributed by atoms with Crippen molar-refractivity contribution >= 4 is 16.6 Å². The van der Waals surface area contributed by atoms with Crippen molar-refractivity contribution in [3.63, 3.8) is 0 Å². The molecule has 0 atom stereocenters. The molecule has 0 unspecified atom stereocenters. The molecular formula is C16H16N4. The molecular weight excluding hydrogens is 248 g/mol. The largest absolute Gasteiger partial charge is 0.373 e. The zero-order chi connectivity index (χ0) is 13.9. The van der Waals surface area contributed by atoms with Gasteiger partial charge in [0.1, 0.15) is 12.1 Å². The minimum atomic E-state index is 0.871. The van der Waals surface area contributed by atoms with Gasteiger partial charge < -0.3 is 5.32 Å². The number of aromatic nitrogens is 3. The van der Waals surface area contributed by atoms with Gasteiger partial charge >= 0.3 is 0 Å². The summed E-state index contributed by atoms with van der Waals surface area (Å²) in [7, 11) is 1.88. The van der Waals surface area contributed by atoms with Crippen LogP contribution in [0.15, 0.2) is 43.0 Å². The molecule has 4 heteroatoms. The number of anilines is 1. The summed E-state index contributed by atoms with van der Waals surface area (Å²) >= 11 is 0. The molecule has 0 bridgehead atoms. The minimum Gasteiger partial charge on any atom is -0.373 e. The van der Waals surface area contributed by atoms with Crippen LogP contribution in [0.3, 0.4) is 0 Å². The zero-order valence-corrected chi connectivity index (χ0v) is 11.6. The van der Waals surface area contributed by atoms with Crippen molar-refractivity contribution in [2.75, 3.05) is 12.4 Å². The van der Waals surface area contributed by atoms with Gasteiger partial charge in [-0.15, -0.1) is 0 Å². The Kier molecular flexibility index (Phi) is 3.29. The predicted octanol–water partition coefficient (Wildman–Crippen LogP) is 3.30. The first-order chi connectivity index (χ1) is 9.85. The Morgan fingerprint density at radius 3 is 2.75 bits per heavy atom. The van der Waals surface area contributed by atoms with Gasteiger partial charge in [0.15, 0.2) is 0 Å². The molecule has 3 aromatic rings. The summed E-state index contributed by atoms with van der Waals surface area (Å²) in [6, 6.07) is 8.23. The molecule has 1 N–H and O–H groups in total. The predicted molar refractivity (Wildman–Crippen MR) is 81.7 cm³/mol. The van der Waals surface area contributed by atoms with Crippen LogP contribution in [0.5, 0.6) is 0 Å². The number of benzene rings is 1. The van der Waals surface area contributed by atoms with E-state index in [9.17, 15) is 0 Å². The van der Waals surface area contributed by atoms with E-state index in [1.807, 2.05) is 31.6 Å². The monoisotopic (exact) mass is 264 g/mol. The van der Waals surface area contributed by atoms with Crippen LogP contribution in [-0.2, 0) is 6.42 Å². The third kappa shape index (κ3) is 1.99. The van der Waals surface area contributed by atoms with E-state index in [2.05, 4.69) is 39.3 Å². The maximum absolute atomic E-state index is 4.49. The molecule has 2 aromatic heterocycles. The highest BCUT2D eigenvalue weighted by Gasteiger charge is 2.13. The number of hydrogen-bond acceptors (Lipinski definition) is 4. The topological polar surface area (TPSA) is 50.7 Å². The van der Waals surface area contributed by atoms with E-state index in [4.69, 9.17) is 0 Å². The quantitative estimate of drug-likeness (QED) is 0.788. The van der Waals surface area contributed by atoms with E-state index < -0.39 is 0 Å². The van der Waals surface area contributed by atoms with Crippen molar-refractivity contribution < 1.29 is 0 Å². The molecule has 4 nitrogen and oxygen atoms in total.